The SMILES string of the molecule is Cc1ccnc2ccc(-c3c(-c4ccc(F)cc4)nc(N)c4nc(C5=NCCN5)cn34)cc12. The van der Waals surface area contributed by atoms with E-state index < -0.39 is 0 Å². The Labute approximate surface area is 188 Å². The number of aliphatic imine (C=N–C) groups is 1. The molecular weight excluding hydrogens is 417 g/mol. The van der Waals surface area contributed by atoms with Crippen LogP contribution in [-0.2, 0) is 0 Å². The van der Waals surface area contributed by atoms with Gasteiger partial charge in [-0.1, -0.05) is 6.07 Å². The van der Waals surface area contributed by atoms with Gasteiger partial charge in [0.25, 0.3) is 0 Å². The van der Waals surface area contributed by atoms with Gasteiger partial charge in [0.1, 0.15) is 17.3 Å². The summed E-state index contributed by atoms with van der Waals surface area (Å²) in [6.45, 7) is 3.55. The maximum absolute atomic E-state index is 13.7. The Kier molecular flexibility index (Phi) is 4.33. The number of nitrogens with zero attached hydrogens (tertiary/aromatic N) is 5. The number of benzene rings is 2. The highest BCUT2D eigenvalue weighted by Crippen LogP contribution is 2.35. The summed E-state index contributed by atoms with van der Waals surface area (Å²) in [5, 5.41) is 4.31. The lowest BCUT2D eigenvalue weighted by Crippen LogP contribution is -2.19. The molecule has 0 atom stereocenters. The topological polar surface area (TPSA) is 93.5 Å². The van der Waals surface area contributed by atoms with Gasteiger partial charge in [-0.2, -0.15) is 0 Å². The van der Waals surface area contributed by atoms with Gasteiger partial charge < -0.3 is 11.1 Å². The van der Waals surface area contributed by atoms with Gasteiger partial charge in [0, 0.05) is 35.5 Å². The van der Waals surface area contributed by atoms with Crippen molar-refractivity contribution in [2.24, 2.45) is 4.99 Å². The average Bonchev–Trinajstić information content (AvgIpc) is 3.50. The zero-order valence-electron chi connectivity index (χ0n) is 17.9. The Bertz CT molecular complexity index is 1570. The standard InChI is InChI=1S/C25H20FN7/c1-14-8-9-28-19-7-4-16(12-18(14)19)22-21(15-2-5-17(26)6-3-15)32-23(27)25-31-20(13-33(22)25)24-29-10-11-30-24/h2-9,12-13H,10-11H2,1H3,(H2,27,32)(H,29,30). The van der Waals surface area contributed by atoms with Gasteiger partial charge in [-0.25, -0.2) is 14.4 Å². The minimum Gasteiger partial charge on any atom is -0.381 e. The first-order valence-electron chi connectivity index (χ1n) is 10.7. The first kappa shape index (κ1) is 19.4. The minimum absolute atomic E-state index is 0.293. The number of anilines is 1. The van der Waals surface area contributed by atoms with Crippen molar-refractivity contribution in [1.29, 1.82) is 0 Å². The number of aryl methyl sites for hydroxylation is 1. The van der Waals surface area contributed by atoms with Crippen LogP contribution in [0.2, 0.25) is 0 Å². The molecule has 4 heterocycles. The molecular formula is C25H20FN7. The van der Waals surface area contributed by atoms with E-state index in [1.54, 1.807) is 12.1 Å². The van der Waals surface area contributed by atoms with E-state index >= 15 is 0 Å². The van der Waals surface area contributed by atoms with Crippen LogP contribution in [0.4, 0.5) is 10.2 Å². The number of hydrogen-bond acceptors (Lipinski definition) is 6. The molecule has 33 heavy (non-hydrogen) atoms. The highest BCUT2D eigenvalue weighted by atomic mass is 19.1. The highest BCUT2D eigenvalue weighted by molar-refractivity contribution is 5.99. The number of fused-ring (bicyclic) bond motifs is 2. The molecule has 0 fully saturated rings. The zero-order chi connectivity index (χ0) is 22.5. The number of pyridine rings is 1. The maximum atomic E-state index is 13.7. The number of nitrogens with two attached hydrogens (primary N) is 1. The molecule has 0 bridgehead atoms. The van der Waals surface area contributed by atoms with Crippen LogP contribution in [0.3, 0.4) is 0 Å². The van der Waals surface area contributed by atoms with Crippen molar-refractivity contribution < 1.29 is 4.39 Å². The summed E-state index contributed by atoms with van der Waals surface area (Å²) in [7, 11) is 0. The fraction of sp³-hybridized carbons (Fsp3) is 0.120. The Hall–Kier alpha value is -4.33. The molecule has 8 heteroatoms. The van der Waals surface area contributed by atoms with Crippen molar-refractivity contribution >= 4 is 28.2 Å². The fourth-order valence-corrected chi connectivity index (χ4v) is 4.27. The molecule has 0 radical (unpaired) electrons. The molecule has 1 aliphatic heterocycles. The Morgan fingerprint density at radius 2 is 1.85 bits per heavy atom. The van der Waals surface area contributed by atoms with Crippen LogP contribution in [0, 0.1) is 12.7 Å². The molecule has 162 valence electrons. The third-order valence-electron chi connectivity index (χ3n) is 5.90. The lowest BCUT2D eigenvalue weighted by atomic mass is 10.0. The van der Waals surface area contributed by atoms with Crippen molar-refractivity contribution in [1.82, 2.24) is 24.7 Å². The quantitative estimate of drug-likeness (QED) is 0.445. The van der Waals surface area contributed by atoms with Gasteiger partial charge in [0.05, 0.1) is 23.4 Å². The largest absolute Gasteiger partial charge is 0.381 e. The number of imidazole rings is 1. The Morgan fingerprint density at radius 1 is 1.03 bits per heavy atom. The van der Waals surface area contributed by atoms with Crippen LogP contribution in [0.25, 0.3) is 39.1 Å². The van der Waals surface area contributed by atoms with Gasteiger partial charge in [-0.15, -0.1) is 0 Å². The number of nitrogen functional groups attached to an aromatic ring is 1. The van der Waals surface area contributed by atoms with E-state index in [-0.39, 0.29) is 5.82 Å². The van der Waals surface area contributed by atoms with Gasteiger partial charge >= 0.3 is 0 Å². The molecule has 3 N–H and O–H groups in total. The highest BCUT2D eigenvalue weighted by Gasteiger charge is 2.21. The Morgan fingerprint density at radius 3 is 2.64 bits per heavy atom. The second kappa shape index (κ2) is 7.37. The van der Waals surface area contributed by atoms with Crippen LogP contribution in [-0.4, -0.2) is 38.3 Å². The van der Waals surface area contributed by atoms with Crippen LogP contribution in [0.1, 0.15) is 11.3 Å². The molecule has 0 saturated carbocycles. The van der Waals surface area contributed by atoms with Crippen LogP contribution < -0.4 is 11.1 Å². The van der Waals surface area contributed by atoms with Crippen LogP contribution in [0.5, 0.6) is 0 Å². The summed E-state index contributed by atoms with van der Waals surface area (Å²) < 4.78 is 15.6. The average molecular weight is 437 g/mol. The van der Waals surface area contributed by atoms with E-state index in [2.05, 4.69) is 28.3 Å². The van der Waals surface area contributed by atoms with Gasteiger partial charge in [-0.05, 0) is 55.0 Å². The minimum atomic E-state index is -0.308. The van der Waals surface area contributed by atoms with E-state index in [1.807, 2.05) is 35.0 Å². The van der Waals surface area contributed by atoms with E-state index in [1.165, 1.54) is 12.1 Å². The lowest BCUT2D eigenvalue weighted by Gasteiger charge is -2.14. The van der Waals surface area contributed by atoms with Crippen molar-refractivity contribution in [2.45, 2.75) is 6.92 Å². The lowest BCUT2D eigenvalue weighted by molar-refractivity contribution is 0.628. The van der Waals surface area contributed by atoms with Gasteiger partial charge in [0.15, 0.2) is 11.5 Å². The van der Waals surface area contributed by atoms with Gasteiger partial charge in [0.2, 0.25) is 0 Å². The molecule has 2 aromatic carbocycles. The first-order valence-corrected chi connectivity index (χ1v) is 10.7. The van der Waals surface area contributed by atoms with Crippen molar-refractivity contribution in [3.63, 3.8) is 0 Å². The van der Waals surface area contributed by atoms with Crippen molar-refractivity contribution in [2.75, 3.05) is 18.8 Å². The van der Waals surface area contributed by atoms with Crippen LogP contribution in [0.15, 0.2) is 65.9 Å². The summed E-state index contributed by atoms with van der Waals surface area (Å²) in [5.74, 6) is 0.726. The molecule has 0 aliphatic carbocycles. The third-order valence-corrected chi connectivity index (χ3v) is 5.90. The van der Waals surface area contributed by atoms with Crippen molar-refractivity contribution in [3.8, 4) is 22.5 Å². The summed E-state index contributed by atoms with van der Waals surface area (Å²) in [4.78, 5) is 18.4. The number of aromatic nitrogens is 4. The molecule has 0 saturated heterocycles. The molecule has 7 nitrogen and oxygen atoms in total. The Balaban J connectivity index is 1.68. The monoisotopic (exact) mass is 437 g/mol. The maximum Gasteiger partial charge on any atom is 0.181 e. The normalized spacial score (nSPS) is 13.5. The second-order valence-corrected chi connectivity index (χ2v) is 8.04. The van der Waals surface area contributed by atoms with E-state index in [4.69, 9.17) is 15.7 Å². The number of nitrogens with one attached hydrogen (secondary N) is 1. The predicted octanol–water partition coefficient (Wildman–Crippen LogP) is 3.99. The predicted molar refractivity (Wildman–Crippen MR) is 128 cm³/mol. The molecule has 5 aromatic rings. The molecule has 3 aromatic heterocycles. The van der Waals surface area contributed by atoms with E-state index in [0.717, 1.165) is 45.7 Å². The second-order valence-electron chi connectivity index (χ2n) is 8.04. The van der Waals surface area contributed by atoms with Crippen LogP contribution >= 0.6 is 0 Å². The summed E-state index contributed by atoms with van der Waals surface area (Å²) in [6.07, 6.45) is 3.73. The summed E-state index contributed by atoms with van der Waals surface area (Å²) >= 11 is 0. The summed E-state index contributed by atoms with van der Waals surface area (Å²) in [6, 6.07) is 14.4. The van der Waals surface area contributed by atoms with Crippen molar-refractivity contribution in [3.05, 3.63) is 78.0 Å². The third kappa shape index (κ3) is 3.18. The number of hydrogen-bond donors (Lipinski definition) is 2. The first-order chi connectivity index (χ1) is 16.1. The fourth-order valence-electron chi connectivity index (χ4n) is 4.27. The molecule has 0 amide bonds. The zero-order valence-corrected chi connectivity index (χ0v) is 17.9. The molecule has 1 aliphatic rings. The smallest absolute Gasteiger partial charge is 0.181 e. The molecule has 0 spiro atoms. The molecule has 6 rings (SSSR count). The van der Waals surface area contributed by atoms with E-state index in [0.29, 0.717) is 29.4 Å². The number of halogens is 1. The van der Waals surface area contributed by atoms with E-state index in [9.17, 15) is 4.39 Å². The van der Waals surface area contributed by atoms with Gasteiger partial charge in [-0.3, -0.25) is 14.4 Å². The number of amidine groups is 1. The summed E-state index contributed by atoms with van der Waals surface area (Å²) in [5.41, 5.74) is 12.8. The molecule has 0 unspecified atom stereocenters. The number of rotatable bonds is 3.